The largest absolute Gasteiger partial charge is 0.370 e. The monoisotopic (exact) mass is 291 g/mol. The number of aromatic nitrogens is 2. The summed E-state index contributed by atoms with van der Waals surface area (Å²) in [5.41, 5.74) is 1.03. The summed E-state index contributed by atoms with van der Waals surface area (Å²) < 4.78 is 12.9. The molecule has 2 rings (SSSR count). The van der Waals surface area contributed by atoms with Crippen LogP contribution in [-0.2, 0) is 0 Å². The van der Waals surface area contributed by atoms with E-state index >= 15 is 0 Å². The lowest BCUT2D eigenvalue weighted by atomic mass is 10.3. The lowest BCUT2D eigenvalue weighted by Crippen LogP contribution is -2.07. The van der Waals surface area contributed by atoms with Crippen LogP contribution in [0.4, 0.5) is 10.2 Å². The molecule has 2 aromatic rings. The molecule has 1 heterocycles. The molecule has 0 spiro atoms. The molecule has 0 atom stereocenters. The van der Waals surface area contributed by atoms with Gasteiger partial charge in [-0.1, -0.05) is 18.7 Å². The summed E-state index contributed by atoms with van der Waals surface area (Å²) in [5.74, 6) is 1.39. The fourth-order valence-electron chi connectivity index (χ4n) is 1.73. The highest BCUT2D eigenvalue weighted by Crippen LogP contribution is 2.31. The summed E-state index contributed by atoms with van der Waals surface area (Å²) in [6.07, 6.45) is 1.04. The Hall–Kier alpha value is -1.62. The average Bonchev–Trinajstić information content (AvgIpc) is 2.43. The zero-order valence-electron chi connectivity index (χ0n) is 11.9. The van der Waals surface area contributed by atoms with Gasteiger partial charge in [-0.2, -0.15) is 0 Å². The minimum absolute atomic E-state index is 0.227. The van der Waals surface area contributed by atoms with Crippen LogP contribution in [0.15, 0.2) is 34.2 Å². The maximum absolute atomic E-state index is 12.9. The van der Waals surface area contributed by atoms with Gasteiger partial charge in [-0.3, -0.25) is 0 Å². The summed E-state index contributed by atoms with van der Waals surface area (Å²) in [7, 11) is 0. The predicted octanol–water partition coefficient (Wildman–Crippen LogP) is 4.21. The van der Waals surface area contributed by atoms with Gasteiger partial charge in [0, 0.05) is 17.0 Å². The van der Waals surface area contributed by atoms with E-state index in [4.69, 9.17) is 0 Å². The second kappa shape index (κ2) is 6.70. The summed E-state index contributed by atoms with van der Waals surface area (Å²) in [4.78, 5) is 9.88. The maximum Gasteiger partial charge on any atom is 0.133 e. The van der Waals surface area contributed by atoms with E-state index in [1.807, 2.05) is 13.8 Å². The number of nitrogens with one attached hydrogen (secondary N) is 1. The van der Waals surface area contributed by atoms with E-state index in [1.165, 1.54) is 23.9 Å². The van der Waals surface area contributed by atoms with Crippen LogP contribution in [0.25, 0.3) is 0 Å². The molecular weight excluding hydrogens is 273 g/mol. The standard InChI is InChI=1S/C15H18FN3S/c1-4-9-17-14-10(2)15(19-11(3)18-14)20-13-7-5-12(16)6-8-13/h5-8H,4,9H2,1-3H3,(H,17,18,19). The molecule has 1 aromatic carbocycles. The first-order chi connectivity index (χ1) is 9.60. The number of hydrogen-bond donors (Lipinski definition) is 1. The van der Waals surface area contributed by atoms with E-state index in [2.05, 4.69) is 22.2 Å². The zero-order chi connectivity index (χ0) is 14.5. The topological polar surface area (TPSA) is 37.8 Å². The predicted molar refractivity (Wildman–Crippen MR) is 80.8 cm³/mol. The Kier molecular flexibility index (Phi) is 4.95. The quantitative estimate of drug-likeness (QED) is 0.838. The first-order valence-electron chi connectivity index (χ1n) is 6.62. The van der Waals surface area contributed by atoms with Crippen molar-refractivity contribution in [3.05, 3.63) is 41.5 Å². The third-order valence-electron chi connectivity index (χ3n) is 2.78. The van der Waals surface area contributed by atoms with Crippen LogP contribution in [0.2, 0.25) is 0 Å². The lowest BCUT2D eigenvalue weighted by Gasteiger charge is -2.12. The number of anilines is 1. The Morgan fingerprint density at radius 3 is 2.50 bits per heavy atom. The van der Waals surface area contributed by atoms with E-state index < -0.39 is 0 Å². The van der Waals surface area contributed by atoms with Crippen LogP contribution < -0.4 is 5.32 Å². The molecule has 20 heavy (non-hydrogen) atoms. The molecule has 0 aliphatic carbocycles. The molecule has 1 aromatic heterocycles. The van der Waals surface area contributed by atoms with Crippen molar-refractivity contribution < 1.29 is 4.39 Å². The third-order valence-corrected chi connectivity index (χ3v) is 3.88. The van der Waals surface area contributed by atoms with Crippen molar-refractivity contribution in [3.8, 4) is 0 Å². The Balaban J connectivity index is 2.26. The number of nitrogens with zero attached hydrogens (tertiary/aromatic N) is 2. The molecule has 5 heteroatoms. The van der Waals surface area contributed by atoms with E-state index in [0.717, 1.165) is 40.1 Å². The second-order valence-corrected chi connectivity index (χ2v) is 5.59. The molecule has 0 unspecified atom stereocenters. The molecule has 0 amide bonds. The van der Waals surface area contributed by atoms with Gasteiger partial charge in [0.1, 0.15) is 22.5 Å². The van der Waals surface area contributed by atoms with Crippen molar-refractivity contribution in [2.45, 2.75) is 37.1 Å². The number of halogens is 1. The third kappa shape index (κ3) is 3.70. The summed E-state index contributed by atoms with van der Waals surface area (Å²) in [6.45, 7) is 6.89. The fourth-order valence-corrected chi connectivity index (χ4v) is 2.65. The molecule has 0 saturated heterocycles. The van der Waals surface area contributed by atoms with E-state index in [0.29, 0.717) is 0 Å². The molecule has 0 saturated carbocycles. The van der Waals surface area contributed by atoms with Gasteiger partial charge in [-0.05, 0) is 44.5 Å². The highest BCUT2D eigenvalue weighted by molar-refractivity contribution is 7.99. The van der Waals surface area contributed by atoms with Gasteiger partial charge in [-0.25, -0.2) is 14.4 Å². The number of aryl methyl sites for hydroxylation is 1. The van der Waals surface area contributed by atoms with E-state index in [1.54, 1.807) is 12.1 Å². The Morgan fingerprint density at radius 2 is 1.85 bits per heavy atom. The van der Waals surface area contributed by atoms with Gasteiger partial charge in [0.25, 0.3) is 0 Å². The molecule has 0 bridgehead atoms. The van der Waals surface area contributed by atoms with Gasteiger partial charge in [0.2, 0.25) is 0 Å². The van der Waals surface area contributed by atoms with Crippen LogP contribution in [0, 0.1) is 19.7 Å². The van der Waals surface area contributed by atoms with Crippen molar-refractivity contribution in [2.24, 2.45) is 0 Å². The minimum atomic E-state index is -0.227. The smallest absolute Gasteiger partial charge is 0.133 e. The van der Waals surface area contributed by atoms with Gasteiger partial charge in [0.15, 0.2) is 0 Å². The minimum Gasteiger partial charge on any atom is -0.370 e. The van der Waals surface area contributed by atoms with Crippen LogP contribution in [0.1, 0.15) is 24.7 Å². The van der Waals surface area contributed by atoms with Crippen molar-refractivity contribution in [2.75, 3.05) is 11.9 Å². The fraction of sp³-hybridized carbons (Fsp3) is 0.333. The number of hydrogen-bond acceptors (Lipinski definition) is 4. The van der Waals surface area contributed by atoms with Gasteiger partial charge in [0.05, 0.1) is 0 Å². The molecule has 0 radical (unpaired) electrons. The van der Waals surface area contributed by atoms with Crippen LogP contribution in [0.3, 0.4) is 0 Å². The summed E-state index contributed by atoms with van der Waals surface area (Å²) in [6, 6.07) is 6.44. The van der Waals surface area contributed by atoms with Gasteiger partial charge in [-0.15, -0.1) is 0 Å². The van der Waals surface area contributed by atoms with Crippen molar-refractivity contribution >= 4 is 17.6 Å². The first kappa shape index (κ1) is 14.8. The Morgan fingerprint density at radius 1 is 1.15 bits per heavy atom. The Labute approximate surface area is 123 Å². The summed E-state index contributed by atoms with van der Waals surface area (Å²) in [5, 5.41) is 4.22. The van der Waals surface area contributed by atoms with Crippen LogP contribution >= 0.6 is 11.8 Å². The molecule has 0 aliphatic heterocycles. The molecule has 3 nitrogen and oxygen atoms in total. The molecule has 106 valence electrons. The van der Waals surface area contributed by atoms with Crippen LogP contribution in [0.5, 0.6) is 0 Å². The maximum atomic E-state index is 12.9. The van der Waals surface area contributed by atoms with Crippen molar-refractivity contribution in [1.29, 1.82) is 0 Å². The molecule has 1 N–H and O–H groups in total. The van der Waals surface area contributed by atoms with Crippen LogP contribution in [-0.4, -0.2) is 16.5 Å². The highest BCUT2D eigenvalue weighted by atomic mass is 32.2. The zero-order valence-corrected chi connectivity index (χ0v) is 12.7. The lowest BCUT2D eigenvalue weighted by molar-refractivity contribution is 0.626. The van der Waals surface area contributed by atoms with Crippen molar-refractivity contribution in [1.82, 2.24) is 9.97 Å². The molecular formula is C15H18FN3S. The highest BCUT2D eigenvalue weighted by Gasteiger charge is 2.10. The number of benzene rings is 1. The Bertz CT molecular complexity index is 584. The number of rotatable bonds is 5. The first-order valence-corrected chi connectivity index (χ1v) is 7.44. The van der Waals surface area contributed by atoms with Gasteiger partial charge >= 0.3 is 0 Å². The summed E-state index contributed by atoms with van der Waals surface area (Å²) >= 11 is 1.53. The molecule has 0 fully saturated rings. The SMILES string of the molecule is CCCNc1nc(C)nc(Sc2ccc(F)cc2)c1C. The van der Waals surface area contributed by atoms with E-state index in [9.17, 15) is 4.39 Å². The average molecular weight is 291 g/mol. The second-order valence-electron chi connectivity index (χ2n) is 4.53. The van der Waals surface area contributed by atoms with Crippen molar-refractivity contribution in [3.63, 3.8) is 0 Å². The normalized spacial score (nSPS) is 10.6. The van der Waals surface area contributed by atoms with Gasteiger partial charge < -0.3 is 5.32 Å². The van der Waals surface area contributed by atoms with E-state index in [-0.39, 0.29) is 5.82 Å². The molecule has 0 aliphatic rings.